The maximum Gasteiger partial charge on any atom is -0.00153 e. The second-order valence-electron chi connectivity index (χ2n) is 5.55. The standard InChI is InChI=1S/C14H29N/c1-4-6-7-9-14(3)10-11-15-12-13(14)8-5-2/h13,15H,4-12H2,1-3H3. The van der Waals surface area contributed by atoms with Crippen LogP contribution in [-0.2, 0) is 0 Å². The Kier molecular flexibility index (Phi) is 5.66. The van der Waals surface area contributed by atoms with Gasteiger partial charge in [0.25, 0.3) is 0 Å². The zero-order chi connectivity index (χ0) is 11.1. The molecule has 0 amide bonds. The summed E-state index contributed by atoms with van der Waals surface area (Å²) in [6, 6.07) is 0. The predicted molar refractivity (Wildman–Crippen MR) is 68.1 cm³/mol. The summed E-state index contributed by atoms with van der Waals surface area (Å²) in [5.41, 5.74) is 0.635. The number of nitrogens with one attached hydrogen (secondary N) is 1. The summed E-state index contributed by atoms with van der Waals surface area (Å²) >= 11 is 0. The lowest BCUT2D eigenvalue weighted by molar-refractivity contribution is 0.105. The van der Waals surface area contributed by atoms with Gasteiger partial charge in [-0.05, 0) is 43.7 Å². The number of hydrogen-bond acceptors (Lipinski definition) is 1. The van der Waals surface area contributed by atoms with E-state index >= 15 is 0 Å². The molecular formula is C14H29N. The maximum absolute atomic E-state index is 3.57. The van der Waals surface area contributed by atoms with Gasteiger partial charge >= 0.3 is 0 Å². The van der Waals surface area contributed by atoms with E-state index in [1.54, 1.807) is 0 Å². The van der Waals surface area contributed by atoms with Gasteiger partial charge in [-0.3, -0.25) is 0 Å². The molecule has 0 aromatic heterocycles. The maximum atomic E-state index is 3.57. The summed E-state index contributed by atoms with van der Waals surface area (Å²) in [5, 5.41) is 3.57. The molecule has 0 bridgehead atoms. The molecule has 0 radical (unpaired) electrons. The third-order valence-electron chi connectivity index (χ3n) is 4.24. The zero-order valence-corrected chi connectivity index (χ0v) is 10.9. The molecule has 1 aliphatic heterocycles. The van der Waals surface area contributed by atoms with Crippen LogP contribution in [0.15, 0.2) is 0 Å². The van der Waals surface area contributed by atoms with Gasteiger partial charge in [0.1, 0.15) is 0 Å². The third kappa shape index (κ3) is 3.79. The topological polar surface area (TPSA) is 12.0 Å². The summed E-state index contributed by atoms with van der Waals surface area (Å²) in [6.45, 7) is 9.65. The van der Waals surface area contributed by atoms with Crippen LogP contribution in [0.1, 0.15) is 65.7 Å². The highest BCUT2D eigenvalue weighted by Crippen LogP contribution is 2.40. The molecule has 0 aromatic carbocycles. The smallest absolute Gasteiger partial charge is 0.00153 e. The van der Waals surface area contributed by atoms with E-state index in [4.69, 9.17) is 0 Å². The fraction of sp³-hybridized carbons (Fsp3) is 1.00. The molecule has 1 rings (SSSR count). The van der Waals surface area contributed by atoms with Gasteiger partial charge in [0.2, 0.25) is 0 Å². The summed E-state index contributed by atoms with van der Waals surface area (Å²) in [5.74, 6) is 0.924. The quantitative estimate of drug-likeness (QED) is 0.655. The van der Waals surface area contributed by atoms with Crippen LogP contribution in [0.3, 0.4) is 0 Å². The first-order valence-corrected chi connectivity index (χ1v) is 6.93. The van der Waals surface area contributed by atoms with Crippen molar-refractivity contribution in [1.29, 1.82) is 0 Å². The first kappa shape index (κ1) is 13.0. The van der Waals surface area contributed by atoms with Gasteiger partial charge in [0, 0.05) is 0 Å². The van der Waals surface area contributed by atoms with Crippen LogP contribution in [0.25, 0.3) is 0 Å². The van der Waals surface area contributed by atoms with Crippen LogP contribution in [0.4, 0.5) is 0 Å². The lowest BCUT2D eigenvalue weighted by Crippen LogP contribution is -2.43. The van der Waals surface area contributed by atoms with Crippen LogP contribution in [0.5, 0.6) is 0 Å². The highest BCUT2D eigenvalue weighted by molar-refractivity contribution is 4.88. The minimum atomic E-state index is 0.635. The molecular weight excluding hydrogens is 182 g/mol. The lowest BCUT2D eigenvalue weighted by Gasteiger charge is -2.42. The van der Waals surface area contributed by atoms with E-state index in [-0.39, 0.29) is 0 Å². The van der Waals surface area contributed by atoms with Gasteiger partial charge < -0.3 is 5.32 Å². The average molecular weight is 211 g/mol. The second-order valence-corrected chi connectivity index (χ2v) is 5.55. The highest BCUT2D eigenvalue weighted by atomic mass is 14.9. The van der Waals surface area contributed by atoms with Crippen LogP contribution in [0.2, 0.25) is 0 Å². The van der Waals surface area contributed by atoms with E-state index in [0.29, 0.717) is 5.41 Å². The molecule has 1 nitrogen and oxygen atoms in total. The Balaban J connectivity index is 2.43. The molecule has 0 spiro atoms. The first-order chi connectivity index (χ1) is 7.23. The second kappa shape index (κ2) is 6.52. The van der Waals surface area contributed by atoms with E-state index in [1.165, 1.54) is 58.0 Å². The Bertz CT molecular complexity index is 165. The molecule has 2 unspecified atom stereocenters. The summed E-state index contributed by atoms with van der Waals surface area (Å²) in [7, 11) is 0. The number of hydrogen-bond donors (Lipinski definition) is 1. The fourth-order valence-corrected chi connectivity index (χ4v) is 3.01. The Hall–Kier alpha value is -0.0400. The van der Waals surface area contributed by atoms with Crippen molar-refractivity contribution in [2.24, 2.45) is 11.3 Å². The molecule has 0 aliphatic carbocycles. The van der Waals surface area contributed by atoms with Crippen molar-refractivity contribution < 1.29 is 0 Å². The highest BCUT2D eigenvalue weighted by Gasteiger charge is 2.34. The Morgan fingerprint density at radius 2 is 2.00 bits per heavy atom. The SMILES string of the molecule is CCCCCC1(C)CCNCC1CCC. The average Bonchev–Trinajstić information content (AvgIpc) is 2.22. The van der Waals surface area contributed by atoms with Crippen molar-refractivity contribution in [1.82, 2.24) is 5.32 Å². The van der Waals surface area contributed by atoms with E-state index in [0.717, 1.165) is 5.92 Å². The monoisotopic (exact) mass is 211 g/mol. The number of rotatable bonds is 6. The minimum absolute atomic E-state index is 0.635. The van der Waals surface area contributed by atoms with Crippen molar-refractivity contribution in [3.8, 4) is 0 Å². The number of unbranched alkanes of at least 4 members (excludes halogenated alkanes) is 2. The van der Waals surface area contributed by atoms with Crippen molar-refractivity contribution in [3.05, 3.63) is 0 Å². The summed E-state index contributed by atoms with van der Waals surface area (Å²) < 4.78 is 0. The van der Waals surface area contributed by atoms with Gasteiger partial charge in [0.15, 0.2) is 0 Å². The minimum Gasteiger partial charge on any atom is -0.316 e. The fourth-order valence-electron chi connectivity index (χ4n) is 3.01. The van der Waals surface area contributed by atoms with Crippen LogP contribution >= 0.6 is 0 Å². The van der Waals surface area contributed by atoms with E-state index < -0.39 is 0 Å². The van der Waals surface area contributed by atoms with Crippen molar-refractivity contribution in [2.75, 3.05) is 13.1 Å². The van der Waals surface area contributed by atoms with E-state index in [1.807, 2.05) is 0 Å². The van der Waals surface area contributed by atoms with Gasteiger partial charge in [-0.25, -0.2) is 0 Å². The van der Waals surface area contributed by atoms with Crippen molar-refractivity contribution in [3.63, 3.8) is 0 Å². The van der Waals surface area contributed by atoms with Gasteiger partial charge in [-0.1, -0.05) is 46.5 Å². The van der Waals surface area contributed by atoms with Crippen LogP contribution in [0, 0.1) is 11.3 Å². The Morgan fingerprint density at radius 3 is 2.67 bits per heavy atom. The molecule has 0 saturated carbocycles. The van der Waals surface area contributed by atoms with E-state index in [9.17, 15) is 0 Å². The van der Waals surface area contributed by atoms with Gasteiger partial charge in [-0.2, -0.15) is 0 Å². The molecule has 1 fully saturated rings. The molecule has 1 aliphatic rings. The molecule has 15 heavy (non-hydrogen) atoms. The predicted octanol–water partition coefficient (Wildman–Crippen LogP) is 3.98. The molecule has 90 valence electrons. The first-order valence-electron chi connectivity index (χ1n) is 6.93. The van der Waals surface area contributed by atoms with E-state index in [2.05, 4.69) is 26.1 Å². The number of piperidine rings is 1. The molecule has 0 aromatic rings. The largest absolute Gasteiger partial charge is 0.316 e. The Morgan fingerprint density at radius 1 is 1.20 bits per heavy atom. The molecule has 2 atom stereocenters. The Labute approximate surface area is 96.0 Å². The summed E-state index contributed by atoms with van der Waals surface area (Å²) in [4.78, 5) is 0. The normalized spacial score (nSPS) is 31.8. The zero-order valence-electron chi connectivity index (χ0n) is 10.9. The van der Waals surface area contributed by atoms with Crippen LogP contribution in [-0.4, -0.2) is 13.1 Å². The third-order valence-corrected chi connectivity index (χ3v) is 4.24. The van der Waals surface area contributed by atoms with Crippen molar-refractivity contribution >= 4 is 0 Å². The lowest BCUT2D eigenvalue weighted by atomic mass is 9.67. The van der Waals surface area contributed by atoms with Crippen LogP contribution < -0.4 is 5.32 Å². The summed E-state index contributed by atoms with van der Waals surface area (Å²) in [6.07, 6.45) is 9.81. The molecule has 1 heteroatoms. The van der Waals surface area contributed by atoms with Gasteiger partial charge in [-0.15, -0.1) is 0 Å². The van der Waals surface area contributed by atoms with Gasteiger partial charge in [0.05, 0.1) is 0 Å². The molecule has 1 saturated heterocycles. The van der Waals surface area contributed by atoms with Crippen molar-refractivity contribution in [2.45, 2.75) is 65.7 Å². The molecule has 1 N–H and O–H groups in total. The molecule has 1 heterocycles.